The fourth-order valence-corrected chi connectivity index (χ4v) is 5.57. The summed E-state index contributed by atoms with van der Waals surface area (Å²) in [6.45, 7) is 4.88. The van der Waals surface area contributed by atoms with Crippen LogP contribution < -0.4 is 20.4 Å². The topological polar surface area (TPSA) is 73.4 Å². The van der Waals surface area contributed by atoms with Gasteiger partial charge in [-0.05, 0) is 37.3 Å². The molecule has 0 bridgehead atoms. The minimum atomic E-state index is -0.556. The number of piperazine rings is 1. The van der Waals surface area contributed by atoms with Gasteiger partial charge in [-0.15, -0.1) is 0 Å². The average molecular weight is 519 g/mol. The Morgan fingerprint density at radius 1 is 1.24 bits per heavy atom. The van der Waals surface area contributed by atoms with E-state index in [1.165, 1.54) is 35.0 Å². The van der Waals surface area contributed by atoms with E-state index in [0.717, 1.165) is 31.0 Å². The molecular formula is C23H21Cl2FN6OS. The van der Waals surface area contributed by atoms with Crippen LogP contribution in [0.1, 0.15) is 17.3 Å². The zero-order valence-electron chi connectivity index (χ0n) is 18.2. The van der Waals surface area contributed by atoms with Gasteiger partial charge in [-0.3, -0.25) is 9.69 Å². The standard InChI is InChI=1S/C23H21Cl2FN6OS/c1-13-10-27-7-8-31(13)19-6-5-14(9-17(19)25)29-23-28-11-15-21(30-23)34-12-32(22(15)33)20-16(24)3-2-4-18(20)26/h2-6,9,11,13,27H,7-8,10,12H2,1H3,(H,28,29,30)/t13-/m1/s1. The lowest BCUT2D eigenvalue weighted by atomic mass is 10.1. The second-order valence-corrected chi connectivity index (χ2v) is 9.78. The van der Waals surface area contributed by atoms with Crippen LogP contribution in [-0.4, -0.2) is 47.4 Å². The van der Waals surface area contributed by atoms with E-state index in [1.807, 2.05) is 18.2 Å². The Morgan fingerprint density at radius 2 is 2.09 bits per heavy atom. The Balaban J connectivity index is 1.35. The molecule has 3 heterocycles. The maximum Gasteiger partial charge on any atom is 0.263 e. The SMILES string of the molecule is C[C@@H]1CNCCN1c1ccc(Nc2ncc3c(n2)SCN(c2c(F)cccc2Cl)C3=O)cc1Cl. The summed E-state index contributed by atoms with van der Waals surface area (Å²) in [4.78, 5) is 25.4. The zero-order chi connectivity index (χ0) is 23.8. The Hall–Kier alpha value is -2.59. The van der Waals surface area contributed by atoms with Gasteiger partial charge < -0.3 is 15.5 Å². The van der Waals surface area contributed by atoms with E-state index in [1.54, 1.807) is 6.07 Å². The highest BCUT2D eigenvalue weighted by molar-refractivity contribution is 7.99. The number of carbonyl (C=O) groups is 1. The van der Waals surface area contributed by atoms with E-state index < -0.39 is 11.7 Å². The van der Waals surface area contributed by atoms with Crippen LogP contribution in [-0.2, 0) is 0 Å². The summed E-state index contributed by atoms with van der Waals surface area (Å²) < 4.78 is 14.3. The molecule has 3 aromatic rings. The number of rotatable bonds is 4. The lowest BCUT2D eigenvalue weighted by Crippen LogP contribution is -2.50. The van der Waals surface area contributed by atoms with Crippen molar-refractivity contribution < 1.29 is 9.18 Å². The van der Waals surface area contributed by atoms with Crippen LogP contribution >= 0.6 is 35.0 Å². The zero-order valence-corrected chi connectivity index (χ0v) is 20.5. The van der Waals surface area contributed by atoms with Crippen molar-refractivity contribution in [1.82, 2.24) is 15.3 Å². The first-order valence-corrected chi connectivity index (χ1v) is 12.5. The van der Waals surface area contributed by atoms with Gasteiger partial charge in [-0.2, -0.15) is 0 Å². The van der Waals surface area contributed by atoms with Crippen LogP contribution in [0.5, 0.6) is 0 Å². The van der Waals surface area contributed by atoms with Gasteiger partial charge in [0.1, 0.15) is 10.8 Å². The normalized spacial score (nSPS) is 18.1. The van der Waals surface area contributed by atoms with Crippen LogP contribution in [0.4, 0.5) is 27.4 Å². The quantitative estimate of drug-likeness (QED) is 0.461. The predicted molar refractivity (Wildman–Crippen MR) is 135 cm³/mol. The number of hydrogen-bond donors (Lipinski definition) is 2. The number of anilines is 4. The van der Waals surface area contributed by atoms with Crippen LogP contribution in [0, 0.1) is 5.82 Å². The lowest BCUT2D eigenvalue weighted by Gasteiger charge is -2.36. The molecule has 11 heteroatoms. The highest BCUT2D eigenvalue weighted by atomic mass is 35.5. The maximum atomic E-state index is 14.3. The first-order chi connectivity index (χ1) is 16.4. The molecular weight excluding hydrogens is 498 g/mol. The molecule has 0 radical (unpaired) electrons. The van der Waals surface area contributed by atoms with E-state index in [9.17, 15) is 9.18 Å². The number of hydrogen-bond acceptors (Lipinski definition) is 7. The predicted octanol–water partition coefficient (Wildman–Crippen LogP) is 5.17. The number of amides is 1. The van der Waals surface area contributed by atoms with Crippen LogP contribution in [0.15, 0.2) is 47.6 Å². The molecule has 34 heavy (non-hydrogen) atoms. The van der Waals surface area contributed by atoms with Crippen molar-refractivity contribution >= 4 is 63.9 Å². The van der Waals surface area contributed by atoms with E-state index in [4.69, 9.17) is 23.2 Å². The molecule has 176 valence electrons. The number of fused-ring (bicyclic) bond motifs is 1. The first-order valence-electron chi connectivity index (χ1n) is 10.7. The summed E-state index contributed by atoms with van der Waals surface area (Å²) in [6, 6.07) is 10.4. The molecule has 2 aliphatic rings. The summed E-state index contributed by atoms with van der Waals surface area (Å²) in [5.74, 6) is -0.424. The third kappa shape index (κ3) is 4.40. The molecule has 2 aliphatic heterocycles. The molecule has 1 aromatic heterocycles. The summed E-state index contributed by atoms with van der Waals surface area (Å²) >= 11 is 14.1. The first kappa shape index (κ1) is 23.2. The van der Waals surface area contributed by atoms with Gasteiger partial charge in [0.25, 0.3) is 5.91 Å². The van der Waals surface area contributed by atoms with Crippen molar-refractivity contribution in [3.8, 4) is 0 Å². The van der Waals surface area contributed by atoms with E-state index in [0.29, 0.717) is 27.6 Å². The number of aromatic nitrogens is 2. The molecule has 2 N–H and O–H groups in total. The Labute approximate surface area is 210 Å². The van der Waals surface area contributed by atoms with Gasteiger partial charge in [0.15, 0.2) is 0 Å². The number of nitrogens with one attached hydrogen (secondary N) is 2. The van der Waals surface area contributed by atoms with Crippen molar-refractivity contribution in [3.05, 3.63) is 64.0 Å². The van der Waals surface area contributed by atoms with Crippen molar-refractivity contribution in [2.24, 2.45) is 0 Å². The third-order valence-electron chi connectivity index (χ3n) is 5.78. The summed E-state index contributed by atoms with van der Waals surface area (Å²) in [5.41, 5.74) is 2.08. The number of thioether (sulfide) groups is 1. The molecule has 0 saturated carbocycles. The molecule has 1 fully saturated rings. The Bertz CT molecular complexity index is 1240. The smallest absolute Gasteiger partial charge is 0.263 e. The van der Waals surface area contributed by atoms with E-state index in [-0.39, 0.29) is 16.6 Å². The Morgan fingerprint density at radius 3 is 2.85 bits per heavy atom. The number of para-hydroxylation sites is 1. The highest BCUT2D eigenvalue weighted by Crippen LogP contribution is 2.37. The van der Waals surface area contributed by atoms with E-state index >= 15 is 0 Å². The van der Waals surface area contributed by atoms with E-state index in [2.05, 4.69) is 32.4 Å². The average Bonchev–Trinajstić information content (AvgIpc) is 2.81. The molecule has 2 aromatic carbocycles. The minimum Gasteiger partial charge on any atom is -0.365 e. The molecule has 1 saturated heterocycles. The summed E-state index contributed by atoms with van der Waals surface area (Å²) in [6.07, 6.45) is 1.44. The molecule has 0 spiro atoms. The van der Waals surface area contributed by atoms with Crippen molar-refractivity contribution in [2.75, 3.05) is 40.6 Å². The van der Waals surface area contributed by atoms with Crippen molar-refractivity contribution in [2.45, 2.75) is 18.0 Å². The molecule has 1 amide bonds. The molecule has 1 atom stereocenters. The lowest BCUT2D eigenvalue weighted by molar-refractivity contribution is 0.0985. The van der Waals surface area contributed by atoms with Gasteiger partial charge in [0.2, 0.25) is 5.95 Å². The second kappa shape index (κ2) is 9.58. The van der Waals surface area contributed by atoms with Gasteiger partial charge >= 0.3 is 0 Å². The van der Waals surface area contributed by atoms with Gasteiger partial charge in [-0.1, -0.05) is 41.0 Å². The van der Waals surface area contributed by atoms with Crippen molar-refractivity contribution in [1.29, 1.82) is 0 Å². The summed E-state index contributed by atoms with van der Waals surface area (Å²) in [7, 11) is 0. The van der Waals surface area contributed by atoms with Crippen LogP contribution in [0.25, 0.3) is 0 Å². The fraction of sp³-hybridized carbons (Fsp3) is 0.261. The number of halogens is 3. The van der Waals surface area contributed by atoms with Crippen LogP contribution in [0.3, 0.4) is 0 Å². The number of benzene rings is 2. The highest BCUT2D eigenvalue weighted by Gasteiger charge is 2.31. The van der Waals surface area contributed by atoms with Gasteiger partial charge in [0.05, 0.1) is 32.9 Å². The number of nitrogens with zero attached hydrogens (tertiary/aromatic N) is 4. The van der Waals surface area contributed by atoms with Crippen LogP contribution in [0.2, 0.25) is 10.0 Å². The van der Waals surface area contributed by atoms with Gasteiger partial charge in [0, 0.05) is 37.6 Å². The second-order valence-electron chi connectivity index (χ2n) is 8.03. The molecule has 0 unspecified atom stereocenters. The molecule has 7 nitrogen and oxygen atoms in total. The largest absolute Gasteiger partial charge is 0.365 e. The summed E-state index contributed by atoms with van der Waals surface area (Å²) in [5, 5.41) is 7.86. The van der Waals surface area contributed by atoms with Gasteiger partial charge in [-0.25, -0.2) is 14.4 Å². The van der Waals surface area contributed by atoms with Crippen molar-refractivity contribution in [3.63, 3.8) is 0 Å². The fourth-order valence-electron chi connectivity index (χ4n) is 4.07. The third-order valence-corrected chi connectivity index (χ3v) is 7.36. The molecule has 0 aliphatic carbocycles. The minimum absolute atomic E-state index is 0.0584. The monoisotopic (exact) mass is 518 g/mol. The Kier molecular flexibility index (Phi) is 6.52. The maximum absolute atomic E-state index is 14.3. The number of carbonyl (C=O) groups excluding carboxylic acids is 1. The molecule has 5 rings (SSSR count).